The van der Waals surface area contributed by atoms with Crippen LogP contribution in [0.4, 0.5) is 4.79 Å². The van der Waals surface area contributed by atoms with Crippen LogP contribution in [0.15, 0.2) is 0 Å². The lowest BCUT2D eigenvalue weighted by molar-refractivity contribution is -0.139. The molecule has 0 aromatic rings. The second kappa shape index (κ2) is 6.46. The topological polar surface area (TPSA) is 63.6 Å². The first-order valence-electron chi connectivity index (χ1n) is 4.46. The van der Waals surface area contributed by atoms with E-state index in [1.807, 2.05) is 0 Å². The van der Waals surface area contributed by atoms with E-state index in [1.54, 1.807) is 0 Å². The SMILES string of the molecule is CC(C)CCCCC(=O)OC(=O)O. The fourth-order valence-electron chi connectivity index (χ4n) is 0.970. The monoisotopic (exact) mass is 188 g/mol. The Morgan fingerprint density at radius 3 is 2.38 bits per heavy atom. The number of hydrogen-bond donors (Lipinski definition) is 1. The minimum absolute atomic E-state index is 0.193. The van der Waals surface area contributed by atoms with E-state index >= 15 is 0 Å². The molecular weight excluding hydrogens is 172 g/mol. The molecule has 0 saturated heterocycles. The molecule has 0 fully saturated rings. The molecule has 0 bridgehead atoms. The van der Waals surface area contributed by atoms with Crippen molar-refractivity contribution in [3.05, 3.63) is 0 Å². The van der Waals surface area contributed by atoms with Crippen LogP contribution in [0.2, 0.25) is 0 Å². The Morgan fingerprint density at radius 1 is 1.31 bits per heavy atom. The molecule has 4 nitrogen and oxygen atoms in total. The summed E-state index contributed by atoms with van der Waals surface area (Å²) in [6.07, 6.45) is 1.37. The number of unbranched alkanes of at least 4 members (excludes halogenated alkanes) is 1. The Kier molecular flexibility index (Phi) is 5.93. The summed E-state index contributed by atoms with van der Waals surface area (Å²) in [6, 6.07) is 0. The van der Waals surface area contributed by atoms with Gasteiger partial charge in [0.25, 0.3) is 0 Å². The molecule has 0 rings (SSSR count). The molecule has 4 heteroatoms. The van der Waals surface area contributed by atoms with Gasteiger partial charge in [0, 0.05) is 6.42 Å². The molecule has 0 heterocycles. The van der Waals surface area contributed by atoms with Crippen LogP contribution in [0.5, 0.6) is 0 Å². The molecule has 0 aliphatic heterocycles. The van der Waals surface area contributed by atoms with Gasteiger partial charge >= 0.3 is 12.1 Å². The van der Waals surface area contributed by atoms with Crippen LogP contribution in [0.25, 0.3) is 0 Å². The zero-order chi connectivity index (χ0) is 10.3. The first-order chi connectivity index (χ1) is 6.02. The Balaban J connectivity index is 3.32. The van der Waals surface area contributed by atoms with Crippen molar-refractivity contribution in [3.8, 4) is 0 Å². The van der Waals surface area contributed by atoms with Gasteiger partial charge in [0.15, 0.2) is 0 Å². The summed E-state index contributed by atoms with van der Waals surface area (Å²) >= 11 is 0. The van der Waals surface area contributed by atoms with Crippen LogP contribution in [0.3, 0.4) is 0 Å². The van der Waals surface area contributed by atoms with Gasteiger partial charge in [0.05, 0.1) is 0 Å². The molecule has 0 saturated carbocycles. The van der Waals surface area contributed by atoms with Crippen LogP contribution >= 0.6 is 0 Å². The van der Waals surface area contributed by atoms with Crippen molar-refractivity contribution in [1.29, 1.82) is 0 Å². The van der Waals surface area contributed by atoms with Crippen LogP contribution in [-0.4, -0.2) is 17.2 Å². The molecule has 1 N–H and O–H groups in total. The quantitative estimate of drug-likeness (QED) is 0.409. The highest BCUT2D eigenvalue weighted by atomic mass is 16.7. The van der Waals surface area contributed by atoms with E-state index in [1.165, 1.54) is 0 Å². The smallest absolute Gasteiger partial charge is 0.449 e. The van der Waals surface area contributed by atoms with E-state index in [9.17, 15) is 9.59 Å². The zero-order valence-corrected chi connectivity index (χ0v) is 8.08. The predicted octanol–water partition coefficient (Wildman–Crippen LogP) is 2.42. The fourth-order valence-corrected chi connectivity index (χ4v) is 0.970. The number of rotatable bonds is 5. The minimum atomic E-state index is -1.52. The van der Waals surface area contributed by atoms with Crippen molar-refractivity contribution in [2.75, 3.05) is 0 Å². The summed E-state index contributed by atoms with van der Waals surface area (Å²) in [5.74, 6) is -0.0354. The summed E-state index contributed by atoms with van der Waals surface area (Å²) in [4.78, 5) is 20.6. The summed E-state index contributed by atoms with van der Waals surface area (Å²) in [5, 5.41) is 8.09. The van der Waals surface area contributed by atoms with Crippen LogP contribution in [0.1, 0.15) is 39.5 Å². The molecule has 0 atom stereocenters. The summed E-state index contributed by atoms with van der Waals surface area (Å²) < 4.78 is 3.93. The molecular formula is C9H16O4. The molecule has 0 aliphatic carbocycles. The summed E-state index contributed by atoms with van der Waals surface area (Å²) in [7, 11) is 0. The zero-order valence-electron chi connectivity index (χ0n) is 8.08. The third-order valence-electron chi connectivity index (χ3n) is 1.61. The highest BCUT2D eigenvalue weighted by molar-refractivity contribution is 5.80. The van der Waals surface area contributed by atoms with Gasteiger partial charge in [0.2, 0.25) is 0 Å². The van der Waals surface area contributed by atoms with Gasteiger partial charge in [-0.15, -0.1) is 0 Å². The van der Waals surface area contributed by atoms with Gasteiger partial charge < -0.3 is 9.84 Å². The van der Waals surface area contributed by atoms with E-state index in [-0.39, 0.29) is 6.42 Å². The maximum absolute atomic E-state index is 10.7. The third-order valence-corrected chi connectivity index (χ3v) is 1.61. The van der Waals surface area contributed by atoms with Crippen LogP contribution in [-0.2, 0) is 9.53 Å². The highest BCUT2D eigenvalue weighted by Gasteiger charge is 2.07. The van der Waals surface area contributed by atoms with Gasteiger partial charge in [-0.05, 0) is 12.3 Å². The number of esters is 1. The molecule has 0 radical (unpaired) electrons. The molecule has 0 aromatic heterocycles. The van der Waals surface area contributed by atoms with E-state index in [0.29, 0.717) is 12.3 Å². The van der Waals surface area contributed by atoms with E-state index < -0.39 is 12.1 Å². The largest absolute Gasteiger partial charge is 0.513 e. The first-order valence-corrected chi connectivity index (χ1v) is 4.46. The molecule has 0 amide bonds. The van der Waals surface area contributed by atoms with Crippen molar-refractivity contribution >= 4 is 12.1 Å². The van der Waals surface area contributed by atoms with Gasteiger partial charge in [-0.2, -0.15) is 0 Å². The summed E-state index contributed by atoms with van der Waals surface area (Å²) in [5.41, 5.74) is 0. The van der Waals surface area contributed by atoms with Crippen molar-refractivity contribution in [1.82, 2.24) is 0 Å². The second-order valence-corrected chi connectivity index (χ2v) is 3.38. The number of carbonyl (C=O) groups excluding carboxylic acids is 1. The molecule has 76 valence electrons. The number of ether oxygens (including phenoxy) is 1. The Hall–Kier alpha value is -1.06. The number of carboxylic acid groups (broad SMARTS) is 1. The maximum Gasteiger partial charge on any atom is 0.513 e. The molecule has 0 aliphatic rings. The second-order valence-electron chi connectivity index (χ2n) is 3.38. The summed E-state index contributed by atoms with van der Waals surface area (Å²) in [6.45, 7) is 4.21. The average Bonchev–Trinajstić information content (AvgIpc) is 1.96. The number of carbonyl (C=O) groups is 2. The van der Waals surface area contributed by atoms with E-state index in [4.69, 9.17) is 5.11 Å². The predicted molar refractivity (Wildman–Crippen MR) is 47.4 cm³/mol. The van der Waals surface area contributed by atoms with Crippen molar-refractivity contribution < 1.29 is 19.4 Å². The molecule has 13 heavy (non-hydrogen) atoms. The van der Waals surface area contributed by atoms with E-state index in [0.717, 1.165) is 12.8 Å². The Morgan fingerprint density at radius 2 is 1.92 bits per heavy atom. The lowest BCUT2D eigenvalue weighted by Crippen LogP contribution is -2.09. The lowest BCUT2D eigenvalue weighted by atomic mass is 10.1. The van der Waals surface area contributed by atoms with Gasteiger partial charge in [0.1, 0.15) is 0 Å². The average molecular weight is 188 g/mol. The Labute approximate surface area is 77.9 Å². The molecule has 0 aromatic carbocycles. The molecule has 0 spiro atoms. The van der Waals surface area contributed by atoms with E-state index in [2.05, 4.69) is 18.6 Å². The van der Waals surface area contributed by atoms with Gasteiger partial charge in [-0.3, -0.25) is 4.79 Å². The Bertz CT molecular complexity index is 174. The lowest BCUT2D eigenvalue weighted by Gasteiger charge is -2.02. The maximum atomic E-state index is 10.7. The van der Waals surface area contributed by atoms with Crippen molar-refractivity contribution in [3.63, 3.8) is 0 Å². The van der Waals surface area contributed by atoms with Crippen LogP contribution in [0, 0.1) is 5.92 Å². The van der Waals surface area contributed by atoms with Crippen LogP contribution < -0.4 is 0 Å². The number of hydrogen-bond acceptors (Lipinski definition) is 3. The third kappa shape index (κ3) is 8.85. The first kappa shape index (κ1) is 11.9. The van der Waals surface area contributed by atoms with Crippen molar-refractivity contribution in [2.45, 2.75) is 39.5 Å². The standard InChI is InChI=1S/C9H16O4/c1-7(2)5-3-4-6-8(10)13-9(11)12/h7H,3-6H2,1-2H3,(H,11,12). The van der Waals surface area contributed by atoms with Crippen molar-refractivity contribution in [2.24, 2.45) is 5.92 Å². The highest BCUT2D eigenvalue weighted by Crippen LogP contribution is 2.08. The normalized spacial score (nSPS) is 10.1. The molecule has 0 unspecified atom stereocenters. The van der Waals surface area contributed by atoms with Gasteiger partial charge in [-0.1, -0.05) is 26.7 Å². The fraction of sp³-hybridized carbons (Fsp3) is 0.778. The minimum Gasteiger partial charge on any atom is -0.449 e. The van der Waals surface area contributed by atoms with Gasteiger partial charge in [-0.25, -0.2) is 4.79 Å².